The van der Waals surface area contributed by atoms with E-state index in [9.17, 15) is 9.59 Å². The van der Waals surface area contributed by atoms with Gasteiger partial charge in [0.05, 0.1) is 12.5 Å². The molecule has 1 fully saturated rings. The molecule has 2 rings (SSSR count). The molecule has 0 aromatic heterocycles. The zero-order valence-corrected chi connectivity index (χ0v) is 13.4. The molecule has 0 N–H and O–H groups in total. The summed E-state index contributed by atoms with van der Waals surface area (Å²) in [5.74, 6) is 0.450. The van der Waals surface area contributed by atoms with E-state index in [1.165, 1.54) is 16.7 Å². The highest BCUT2D eigenvalue weighted by Crippen LogP contribution is 2.29. The molecule has 1 heterocycles. The number of ether oxygens (including phenoxy) is 1. The number of benzene rings is 1. The molecule has 114 valence electrons. The van der Waals surface area contributed by atoms with E-state index in [1.54, 1.807) is 0 Å². The van der Waals surface area contributed by atoms with Crippen LogP contribution in [0.2, 0.25) is 0 Å². The summed E-state index contributed by atoms with van der Waals surface area (Å²) in [5.41, 5.74) is 0.738. The predicted octanol–water partition coefficient (Wildman–Crippen LogP) is 2.82. The molecule has 2 atom stereocenters. The van der Waals surface area contributed by atoms with E-state index in [0.717, 1.165) is 12.0 Å². The number of esters is 1. The number of carbonyl (C=O) groups excluding carboxylic acids is 2. The second kappa shape index (κ2) is 7.71. The Kier molecular flexibility index (Phi) is 5.94. The van der Waals surface area contributed by atoms with Crippen molar-refractivity contribution in [1.29, 1.82) is 0 Å². The monoisotopic (exact) mass is 327 g/mol. The van der Waals surface area contributed by atoms with Crippen LogP contribution in [0.1, 0.15) is 24.3 Å². The lowest BCUT2D eigenvalue weighted by atomic mass is 10.1. The van der Waals surface area contributed by atoms with Gasteiger partial charge in [0, 0.05) is 5.75 Å². The number of hydrogen-bond donors (Lipinski definition) is 0. The second-order valence-corrected chi connectivity index (χ2v) is 6.20. The summed E-state index contributed by atoms with van der Waals surface area (Å²) < 4.78 is 5.15. The van der Waals surface area contributed by atoms with Crippen molar-refractivity contribution in [3.63, 3.8) is 0 Å². The Morgan fingerprint density at radius 1 is 1.43 bits per heavy atom. The molecule has 1 aliphatic rings. The Bertz CT molecular complexity index is 497. The maximum Gasteiger partial charge on any atom is 0.329 e. The van der Waals surface area contributed by atoms with Crippen molar-refractivity contribution in [3.05, 3.63) is 35.9 Å². The zero-order chi connectivity index (χ0) is 15.2. The van der Waals surface area contributed by atoms with Gasteiger partial charge in [0.25, 0.3) is 0 Å². The fraction of sp³-hybridized carbons (Fsp3) is 0.467. The van der Waals surface area contributed by atoms with Gasteiger partial charge in [0.2, 0.25) is 5.91 Å². The molecule has 0 bridgehead atoms. The highest BCUT2D eigenvalue weighted by molar-refractivity contribution is 7.99. The van der Waals surface area contributed by atoms with Crippen LogP contribution in [0.3, 0.4) is 0 Å². The maximum atomic E-state index is 12.5. The lowest BCUT2D eigenvalue weighted by molar-refractivity contribution is -0.152. The SMILES string of the molecule is CCCOC(=O)C1CSCN1C(=O)C(Cl)c1ccccc1. The molecule has 21 heavy (non-hydrogen) atoms. The number of alkyl halides is 1. The molecule has 0 saturated carbocycles. The normalized spacial score (nSPS) is 19.3. The summed E-state index contributed by atoms with van der Waals surface area (Å²) in [7, 11) is 0. The van der Waals surface area contributed by atoms with Gasteiger partial charge in [-0.3, -0.25) is 4.79 Å². The van der Waals surface area contributed by atoms with Crippen LogP contribution >= 0.6 is 23.4 Å². The van der Waals surface area contributed by atoms with Crippen molar-refractivity contribution in [1.82, 2.24) is 4.90 Å². The fourth-order valence-electron chi connectivity index (χ4n) is 2.06. The van der Waals surface area contributed by atoms with Gasteiger partial charge < -0.3 is 9.64 Å². The van der Waals surface area contributed by atoms with E-state index in [2.05, 4.69) is 0 Å². The molecule has 6 heteroatoms. The summed E-state index contributed by atoms with van der Waals surface area (Å²) in [6.45, 7) is 2.31. The van der Waals surface area contributed by atoms with Crippen molar-refractivity contribution < 1.29 is 14.3 Å². The fourth-order valence-corrected chi connectivity index (χ4v) is 3.48. The minimum Gasteiger partial charge on any atom is -0.464 e. The summed E-state index contributed by atoms with van der Waals surface area (Å²) in [5, 5.41) is -0.772. The predicted molar refractivity (Wildman–Crippen MR) is 84.2 cm³/mol. The second-order valence-electron chi connectivity index (χ2n) is 4.76. The standard InChI is InChI=1S/C15H18ClNO3S/c1-2-8-20-15(19)12-9-21-10-17(12)14(18)13(16)11-6-4-3-5-7-11/h3-7,12-13H,2,8-10H2,1H3. The van der Waals surface area contributed by atoms with E-state index in [1.807, 2.05) is 37.3 Å². The van der Waals surface area contributed by atoms with Crippen LogP contribution in [0.25, 0.3) is 0 Å². The molecular formula is C15H18ClNO3S. The molecule has 1 aromatic rings. The molecule has 4 nitrogen and oxygen atoms in total. The third-order valence-electron chi connectivity index (χ3n) is 3.19. The van der Waals surface area contributed by atoms with Crippen molar-refractivity contribution in [2.24, 2.45) is 0 Å². The van der Waals surface area contributed by atoms with Gasteiger partial charge in [-0.1, -0.05) is 37.3 Å². The van der Waals surface area contributed by atoms with Crippen LogP contribution in [0.4, 0.5) is 0 Å². The minimum absolute atomic E-state index is 0.244. The molecule has 0 aliphatic carbocycles. The number of hydrogen-bond acceptors (Lipinski definition) is 4. The molecule has 0 spiro atoms. The molecule has 1 aromatic carbocycles. The van der Waals surface area contributed by atoms with Gasteiger partial charge in [-0.15, -0.1) is 23.4 Å². The molecule has 2 unspecified atom stereocenters. The Hall–Kier alpha value is -1.20. The summed E-state index contributed by atoms with van der Waals surface area (Å²) >= 11 is 7.80. The Morgan fingerprint density at radius 2 is 2.14 bits per heavy atom. The van der Waals surface area contributed by atoms with Gasteiger partial charge in [0.1, 0.15) is 11.4 Å². The molecule has 1 saturated heterocycles. The van der Waals surface area contributed by atoms with Gasteiger partial charge in [-0.05, 0) is 12.0 Å². The first-order valence-corrected chi connectivity index (χ1v) is 8.48. The van der Waals surface area contributed by atoms with E-state index in [4.69, 9.17) is 16.3 Å². The third kappa shape index (κ3) is 3.92. The lowest BCUT2D eigenvalue weighted by Crippen LogP contribution is -2.44. The van der Waals surface area contributed by atoms with Crippen molar-refractivity contribution in [2.75, 3.05) is 18.2 Å². The summed E-state index contributed by atoms with van der Waals surface area (Å²) in [4.78, 5) is 26.0. The number of carbonyl (C=O) groups is 2. The number of amides is 1. The highest BCUT2D eigenvalue weighted by Gasteiger charge is 2.38. The Balaban J connectivity index is 2.05. The summed E-state index contributed by atoms with van der Waals surface area (Å²) in [6, 6.07) is 8.63. The number of halogens is 1. The van der Waals surface area contributed by atoms with Crippen LogP contribution < -0.4 is 0 Å². The van der Waals surface area contributed by atoms with Crippen LogP contribution in [-0.2, 0) is 14.3 Å². The van der Waals surface area contributed by atoms with Crippen molar-refractivity contribution >= 4 is 35.2 Å². The smallest absolute Gasteiger partial charge is 0.329 e. The quantitative estimate of drug-likeness (QED) is 0.616. The van der Waals surface area contributed by atoms with E-state index in [-0.39, 0.29) is 11.9 Å². The van der Waals surface area contributed by atoms with Crippen molar-refractivity contribution in [2.45, 2.75) is 24.8 Å². The van der Waals surface area contributed by atoms with Crippen LogP contribution in [0.5, 0.6) is 0 Å². The average Bonchev–Trinajstić information content (AvgIpc) is 3.01. The highest BCUT2D eigenvalue weighted by atomic mass is 35.5. The third-order valence-corrected chi connectivity index (χ3v) is 4.65. The molecule has 1 aliphatic heterocycles. The van der Waals surface area contributed by atoms with Gasteiger partial charge in [-0.2, -0.15) is 0 Å². The number of rotatable bonds is 5. The van der Waals surface area contributed by atoms with Crippen LogP contribution in [-0.4, -0.2) is 41.1 Å². The first-order chi connectivity index (χ1) is 10.1. The average molecular weight is 328 g/mol. The van der Waals surface area contributed by atoms with Crippen LogP contribution in [0.15, 0.2) is 30.3 Å². The summed E-state index contributed by atoms with van der Waals surface area (Å²) in [6.07, 6.45) is 0.766. The van der Waals surface area contributed by atoms with E-state index < -0.39 is 11.4 Å². The number of thioether (sulfide) groups is 1. The van der Waals surface area contributed by atoms with Gasteiger partial charge in [0.15, 0.2) is 0 Å². The molecule has 0 radical (unpaired) electrons. The Labute approximate surface area is 133 Å². The maximum absolute atomic E-state index is 12.5. The molecule has 1 amide bonds. The van der Waals surface area contributed by atoms with E-state index in [0.29, 0.717) is 18.2 Å². The van der Waals surface area contributed by atoms with Crippen LogP contribution in [0, 0.1) is 0 Å². The number of nitrogens with zero attached hydrogens (tertiary/aromatic N) is 1. The largest absolute Gasteiger partial charge is 0.464 e. The Morgan fingerprint density at radius 3 is 2.81 bits per heavy atom. The first kappa shape index (κ1) is 16.2. The van der Waals surface area contributed by atoms with Gasteiger partial charge >= 0.3 is 5.97 Å². The first-order valence-electron chi connectivity index (χ1n) is 6.89. The minimum atomic E-state index is -0.772. The van der Waals surface area contributed by atoms with Crippen molar-refractivity contribution in [3.8, 4) is 0 Å². The van der Waals surface area contributed by atoms with Gasteiger partial charge in [-0.25, -0.2) is 4.79 Å². The lowest BCUT2D eigenvalue weighted by Gasteiger charge is -2.24. The molecular weight excluding hydrogens is 310 g/mol. The topological polar surface area (TPSA) is 46.6 Å². The zero-order valence-electron chi connectivity index (χ0n) is 11.8. The van der Waals surface area contributed by atoms with E-state index >= 15 is 0 Å².